The molecule has 7 heteroatoms. The van der Waals surface area contributed by atoms with Gasteiger partial charge in [0.2, 0.25) is 0 Å². The molecule has 0 saturated carbocycles. The van der Waals surface area contributed by atoms with E-state index in [0.717, 1.165) is 44.9 Å². The lowest BCUT2D eigenvalue weighted by Gasteiger charge is -2.09. The minimum absolute atomic E-state index is 0.689. The monoisotopic (exact) mass is 396 g/mol. The van der Waals surface area contributed by atoms with Crippen LogP contribution in [0.1, 0.15) is 5.69 Å². The van der Waals surface area contributed by atoms with Crippen molar-refractivity contribution in [2.75, 3.05) is 12.4 Å². The van der Waals surface area contributed by atoms with Crippen LogP contribution >= 0.6 is 22.9 Å². The minimum atomic E-state index is 0.689. The van der Waals surface area contributed by atoms with Gasteiger partial charge < -0.3 is 15.0 Å². The molecule has 4 aromatic rings. The van der Waals surface area contributed by atoms with Gasteiger partial charge in [0.05, 0.1) is 24.1 Å². The van der Waals surface area contributed by atoms with Crippen molar-refractivity contribution in [1.82, 2.24) is 15.0 Å². The number of anilines is 2. The van der Waals surface area contributed by atoms with E-state index in [1.165, 1.54) is 11.3 Å². The summed E-state index contributed by atoms with van der Waals surface area (Å²) in [5, 5.41) is 6.79. The summed E-state index contributed by atoms with van der Waals surface area (Å²) in [6.45, 7) is 1.95. The summed E-state index contributed by atoms with van der Waals surface area (Å²) >= 11 is 7.79. The van der Waals surface area contributed by atoms with Crippen LogP contribution in [0.4, 0.5) is 10.8 Å². The van der Waals surface area contributed by atoms with Crippen LogP contribution in [0.25, 0.3) is 22.6 Å². The van der Waals surface area contributed by atoms with Crippen molar-refractivity contribution in [2.24, 2.45) is 0 Å². The molecule has 0 aliphatic heterocycles. The molecular weight excluding hydrogens is 380 g/mol. The molecule has 0 spiro atoms. The van der Waals surface area contributed by atoms with Crippen LogP contribution in [0, 0.1) is 6.92 Å². The Hall–Kier alpha value is -2.83. The van der Waals surface area contributed by atoms with Gasteiger partial charge in [-0.1, -0.05) is 29.8 Å². The number of aromatic amines is 1. The lowest BCUT2D eigenvalue weighted by molar-refractivity contribution is 0.416. The summed E-state index contributed by atoms with van der Waals surface area (Å²) in [5.74, 6) is 1.52. The zero-order chi connectivity index (χ0) is 18.8. The summed E-state index contributed by atoms with van der Waals surface area (Å²) in [6.07, 6.45) is 1.87. The third-order valence-electron chi connectivity index (χ3n) is 4.07. The number of ether oxygens (including phenoxy) is 1. The van der Waals surface area contributed by atoms with Gasteiger partial charge in [0.15, 0.2) is 5.13 Å². The minimum Gasteiger partial charge on any atom is -0.496 e. The Bertz CT molecular complexity index is 1090. The first kappa shape index (κ1) is 17.6. The fourth-order valence-corrected chi connectivity index (χ4v) is 3.73. The van der Waals surface area contributed by atoms with E-state index < -0.39 is 0 Å². The number of hydrogen-bond donors (Lipinski definition) is 2. The Morgan fingerprint density at radius 2 is 1.96 bits per heavy atom. The van der Waals surface area contributed by atoms with Crippen LogP contribution in [-0.4, -0.2) is 22.1 Å². The van der Waals surface area contributed by atoms with Gasteiger partial charge in [-0.3, -0.25) is 0 Å². The van der Waals surface area contributed by atoms with Gasteiger partial charge in [-0.05, 0) is 25.1 Å². The second-order valence-electron chi connectivity index (χ2n) is 5.95. The molecule has 2 heterocycles. The van der Waals surface area contributed by atoms with E-state index in [1.807, 2.05) is 61.0 Å². The van der Waals surface area contributed by atoms with Crippen molar-refractivity contribution in [2.45, 2.75) is 6.92 Å². The molecule has 136 valence electrons. The summed E-state index contributed by atoms with van der Waals surface area (Å²) in [7, 11) is 1.65. The molecule has 0 unspecified atom stereocenters. The first-order valence-electron chi connectivity index (χ1n) is 8.32. The fraction of sp³-hybridized carbons (Fsp3) is 0.100. The summed E-state index contributed by atoms with van der Waals surface area (Å²) < 4.78 is 5.54. The van der Waals surface area contributed by atoms with Gasteiger partial charge >= 0.3 is 0 Å². The smallest absolute Gasteiger partial charge is 0.187 e. The average Bonchev–Trinajstić information content (AvgIpc) is 3.31. The highest BCUT2D eigenvalue weighted by Gasteiger charge is 2.12. The first-order valence-corrected chi connectivity index (χ1v) is 9.57. The predicted octanol–water partition coefficient (Wildman–Crippen LogP) is 5.91. The Kier molecular flexibility index (Phi) is 4.83. The van der Waals surface area contributed by atoms with Crippen molar-refractivity contribution < 1.29 is 4.74 Å². The number of hydrogen-bond acceptors (Lipinski definition) is 5. The van der Waals surface area contributed by atoms with Gasteiger partial charge in [-0.15, -0.1) is 11.3 Å². The van der Waals surface area contributed by atoms with E-state index >= 15 is 0 Å². The fourth-order valence-electron chi connectivity index (χ4n) is 2.76. The van der Waals surface area contributed by atoms with Gasteiger partial charge in [0.25, 0.3) is 0 Å². The SMILES string of the molecule is COc1cc(Nc2nc(-c3ccccc3Cl)cs2)ccc1-c1nc(C)c[nH]1. The molecule has 0 bridgehead atoms. The van der Waals surface area contributed by atoms with Gasteiger partial charge in [-0.2, -0.15) is 0 Å². The van der Waals surface area contributed by atoms with Crippen LogP contribution in [-0.2, 0) is 0 Å². The Labute approximate surface area is 166 Å². The molecule has 4 rings (SSSR count). The molecule has 0 saturated heterocycles. The molecule has 0 radical (unpaired) electrons. The zero-order valence-electron chi connectivity index (χ0n) is 14.8. The van der Waals surface area contributed by atoms with Crippen LogP contribution in [0.15, 0.2) is 54.0 Å². The predicted molar refractivity (Wildman–Crippen MR) is 111 cm³/mol. The van der Waals surface area contributed by atoms with Crippen LogP contribution < -0.4 is 10.1 Å². The highest BCUT2D eigenvalue weighted by Crippen LogP contribution is 2.34. The number of H-pyrrole nitrogens is 1. The number of methoxy groups -OCH3 is 1. The number of thiazole rings is 1. The summed E-state index contributed by atoms with van der Waals surface area (Å²) in [5.41, 5.74) is 4.50. The third kappa shape index (κ3) is 3.67. The number of aryl methyl sites for hydroxylation is 1. The number of nitrogens with zero attached hydrogens (tertiary/aromatic N) is 2. The topological polar surface area (TPSA) is 62.8 Å². The largest absolute Gasteiger partial charge is 0.496 e. The highest BCUT2D eigenvalue weighted by molar-refractivity contribution is 7.14. The van der Waals surface area contributed by atoms with E-state index in [2.05, 4.69) is 20.3 Å². The third-order valence-corrected chi connectivity index (χ3v) is 5.16. The van der Waals surface area contributed by atoms with E-state index in [9.17, 15) is 0 Å². The second kappa shape index (κ2) is 7.42. The zero-order valence-corrected chi connectivity index (χ0v) is 16.4. The summed E-state index contributed by atoms with van der Waals surface area (Å²) in [6, 6.07) is 13.6. The highest BCUT2D eigenvalue weighted by atomic mass is 35.5. The van der Waals surface area contributed by atoms with E-state index in [1.54, 1.807) is 7.11 Å². The Morgan fingerprint density at radius 1 is 1.11 bits per heavy atom. The van der Waals surface area contributed by atoms with Crippen molar-refractivity contribution in [3.05, 3.63) is 64.8 Å². The lowest BCUT2D eigenvalue weighted by Crippen LogP contribution is -1.94. The molecular formula is C20H17ClN4OS. The molecule has 0 amide bonds. The molecule has 0 aliphatic rings. The maximum absolute atomic E-state index is 6.26. The van der Waals surface area contributed by atoms with Crippen molar-refractivity contribution in [3.63, 3.8) is 0 Å². The van der Waals surface area contributed by atoms with Crippen molar-refractivity contribution >= 4 is 33.8 Å². The molecule has 2 aromatic carbocycles. The second-order valence-corrected chi connectivity index (χ2v) is 7.21. The maximum Gasteiger partial charge on any atom is 0.187 e. The van der Waals surface area contributed by atoms with Gasteiger partial charge in [0.1, 0.15) is 11.6 Å². The number of imidazole rings is 1. The van der Waals surface area contributed by atoms with Crippen LogP contribution in [0.5, 0.6) is 5.75 Å². The van der Waals surface area contributed by atoms with E-state index in [-0.39, 0.29) is 0 Å². The molecule has 27 heavy (non-hydrogen) atoms. The Balaban J connectivity index is 1.59. The van der Waals surface area contributed by atoms with Crippen LogP contribution in [0.3, 0.4) is 0 Å². The molecule has 2 N–H and O–H groups in total. The van der Waals surface area contributed by atoms with E-state index in [0.29, 0.717) is 5.02 Å². The number of benzene rings is 2. The van der Waals surface area contributed by atoms with Gasteiger partial charge in [-0.25, -0.2) is 9.97 Å². The molecule has 2 aromatic heterocycles. The standard InChI is InChI=1S/C20H17ClN4OS/c1-12-10-22-19(23-12)15-8-7-13(9-18(15)26-2)24-20-25-17(11-27-20)14-5-3-4-6-16(14)21/h3-11H,1-2H3,(H,22,23)(H,24,25). The quantitative estimate of drug-likeness (QED) is 0.440. The number of nitrogens with one attached hydrogen (secondary N) is 2. The number of halogens is 1. The average molecular weight is 397 g/mol. The first-order chi connectivity index (χ1) is 13.1. The molecule has 5 nitrogen and oxygen atoms in total. The number of rotatable bonds is 5. The van der Waals surface area contributed by atoms with Gasteiger partial charge in [0, 0.05) is 33.9 Å². The molecule has 0 aliphatic carbocycles. The lowest BCUT2D eigenvalue weighted by atomic mass is 10.1. The number of aromatic nitrogens is 3. The van der Waals surface area contributed by atoms with Crippen molar-refractivity contribution in [1.29, 1.82) is 0 Å². The van der Waals surface area contributed by atoms with Crippen LogP contribution in [0.2, 0.25) is 5.02 Å². The van der Waals surface area contributed by atoms with E-state index in [4.69, 9.17) is 16.3 Å². The maximum atomic E-state index is 6.26. The van der Waals surface area contributed by atoms with Crippen molar-refractivity contribution in [3.8, 4) is 28.4 Å². The molecule has 0 fully saturated rings. The molecule has 0 atom stereocenters. The normalized spacial score (nSPS) is 10.8. The summed E-state index contributed by atoms with van der Waals surface area (Å²) in [4.78, 5) is 12.3. The Morgan fingerprint density at radius 3 is 2.70 bits per heavy atom.